The number of benzene rings is 1. The average Bonchev–Trinajstić information content (AvgIpc) is 3.16. The average molecular weight is 358 g/mol. The number of rotatable bonds is 4. The zero-order valence-electron chi connectivity index (χ0n) is 15.2. The first-order valence-corrected chi connectivity index (χ1v) is 9.12. The van der Waals surface area contributed by atoms with E-state index in [0.29, 0.717) is 17.0 Å². The number of thiazole rings is 1. The number of ether oxygens (including phenoxy) is 1. The number of hydrogen-bond donors (Lipinski definition) is 0. The largest absolute Gasteiger partial charge is 0.495 e. The van der Waals surface area contributed by atoms with E-state index in [2.05, 4.69) is 17.0 Å². The maximum atomic E-state index is 12.6. The third kappa shape index (κ3) is 3.00. The Bertz CT molecular complexity index is 1010. The van der Waals surface area contributed by atoms with Crippen molar-refractivity contribution in [3.05, 3.63) is 40.0 Å². The quantitative estimate of drug-likeness (QED) is 0.719. The molecule has 0 aliphatic rings. The van der Waals surface area contributed by atoms with E-state index in [-0.39, 0.29) is 5.91 Å². The van der Waals surface area contributed by atoms with Crippen LogP contribution >= 0.6 is 11.3 Å². The summed E-state index contributed by atoms with van der Waals surface area (Å²) >= 11 is 1.51. The summed E-state index contributed by atoms with van der Waals surface area (Å²) in [6.07, 6.45) is 0. The normalized spacial score (nSPS) is 12.1. The van der Waals surface area contributed by atoms with Gasteiger partial charge < -0.3 is 9.30 Å². The number of amides is 1. The van der Waals surface area contributed by atoms with Crippen LogP contribution in [0, 0.1) is 13.8 Å². The zero-order chi connectivity index (χ0) is 18.1. The Labute approximate surface area is 150 Å². The summed E-state index contributed by atoms with van der Waals surface area (Å²) in [7, 11) is 1.66. The van der Waals surface area contributed by atoms with E-state index >= 15 is 0 Å². The van der Waals surface area contributed by atoms with E-state index < -0.39 is 0 Å². The molecular weight excluding hydrogens is 336 g/mol. The fraction of sp³-hybridized carbons (Fsp3) is 0.389. The second kappa shape index (κ2) is 6.84. The number of aromatic nitrogens is 3. The molecule has 0 spiro atoms. The monoisotopic (exact) mass is 358 g/mol. The lowest BCUT2D eigenvalue weighted by Gasteiger charge is -2.07. The van der Waals surface area contributed by atoms with E-state index in [1.54, 1.807) is 17.9 Å². The molecule has 0 atom stereocenters. The predicted molar refractivity (Wildman–Crippen MR) is 99.3 cm³/mol. The molecule has 0 fully saturated rings. The van der Waals surface area contributed by atoms with Crippen LogP contribution in [0.15, 0.2) is 23.2 Å². The highest BCUT2D eigenvalue weighted by Gasteiger charge is 2.15. The van der Waals surface area contributed by atoms with Gasteiger partial charge in [-0.15, -0.1) is 0 Å². The fourth-order valence-corrected chi connectivity index (χ4v) is 4.08. The molecule has 1 aromatic carbocycles. The molecule has 0 saturated carbocycles. The van der Waals surface area contributed by atoms with Gasteiger partial charge in [0.1, 0.15) is 11.3 Å². The van der Waals surface area contributed by atoms with Gasteiger partial charge in [0, 0.05) is 18.8 Å². The van der Waals surface area contributed by atoms with Gasteiger partial charge >= 0.3 is 0 Å². The van der Waals surface area contributed by atoms with Gasteiger partial charge in [-0.05, 0) is 45.4 Å². The van der Waals surface area contributed by atoms with Crippen LogP contribution < -0.4 is 9.54 Å². The molecule has 25 heavy (non-hydrogen) atoms. The summed E-state index contributed by atoms with van der Waals surface area (Å²) in [5, 5.41) is 4.33. The Morgan fingerprint density at radius 2 is 2.04 bits per heavy atom. The van der Waals surface area contributed by atoms with Gasteiger partial charge in [-0.2, -0.15) is 10.1 Å². The number of carbonyl (C=O) groups excluding carboxylic acids is 1. The molecule has 0 unspecified atom stereocenters. The van der Waals surface area contributed by atoms with Crippen LogP contribution in [0.2, 0.25) is 0 Å². The molecule has 7 heteroatoms. The Morgan fingerprint density at radius 3 is 2.64 bits per heavy atom. The van der Waals surface area contributed by atoms with Crippen molar-refractivity contribution >= 4 is 27.5 Å². The van der Waals surface area contributed by atoms with Gasteiger partial charge in [-0.1, -0.05) is 17.4 Å². The maximum absolute atomic E-state index is 12.6. The van der Waals surface area contributed by atoms with Gasteiger partial charge in [-0.25, -0.2) is 0 Å². The van der Waals surface area contributed by atoms with E-state index in [4.69, 9.17) is 4.74 Å². The van der Waals surface area contributed by atoms with Crippen LogP contribution in [-0.4, -0.2) is 27.4 Å². The molecule has 1 amide bonds. The van der Waals surface area contributed by atoms with Crippen molar-refractivity contribution in [3.63, 3.8) is 0 Å². The molecule has 132 valence electrons. The minimum Gasteiger partial charge on any atom is -0.495 e. The molecule has 6 nitrogen and oxygen atoms in total. The van der Waals surface area contributed by atoms with E-state index in [0.717, 1.165) is 33.8 Å². The number of carbonyl (C=O) groups is 1. The summed E-state index contributed by atoms with van der Waals surface area (Å²) in [5.41, 5.74) is 3.46. The minimum absolute atomic E-state index is 0.319. The second-order valence-corrected chi connectivity index (χ2v) is 6.77. The summed E-state index contributed by atoms with van der Waals surface area (Å²) in [6, 6.07) is 5.76. The molecule has 0 aliphatic heterocycles. The van der Waals surface area contributed by atoms with E-state index in [1.165, 1.54) is 11.3 Å². The van der Waals surface area contributed by atoms with Gasteiger partial charge in [-0.3, -0.25) is 9.48 Å². The lowest BCUT2D eigenvalue weighted by Crippen LogP contribution is -2.16. The molecule has 0 N–H and O–H groups in total. The van der Waals surface area contributed by atoms with Gasteiger partial charge in [0.2, 0.25) is 0 Å². The van der Waals surface area contributed by atoms with Crippen LogP contribution in [0.3, 0.4) is 0 Å². The van der Waals surface area contributed by atoms with Crippen molar-refractivity contribution in [1.29, 1.82) is 0 Å². The second-order valence-electron chi connectivity index (χ2n) is 5.80. The first-order chi connectivity index (χ1) is 12.0. The van der Waals surface area contributed by atoms with Crippen molar-refractivity contribution in [3.8, 4) is 5.75 Å². The van der Waals surface area contributed by atoms with Crippen molar-refractivity contribution in [2.45, 2.75) is 40.8 Å². The third-order valence-electron chi connectivity index (χ3n) is 4.22. The molecule has 2 heterocycles. The number of fused-ring (bicyclic) bond motifs is 1. The van der Waals surface area contributed by atoms with E-state index in [1.807, 2.05) is 37.5 Å². The van der Waals surface area contributed by atoms with Gasteiger partial charge in [0.15, 0.2) is 10.5 Å². The van der Waals surface area contributed by atoms with Crippen molar-refractivity contribution in [2.75, 3.05) is 7.11 Å². The number of hydrogen-bond acceptors (Lipinski definition) is 4. The highest BCUT2D eigenvalue weighted by atomic mass is 32.1. The zero-order valence-corrected chi connectivity index (χ0v) is 16.0. The maximum Gasteiger partial charge on any atom is 0.300 e. The Hall–Kier alpha value is -2.41. The number of methoxy groups -OCH3 is 1. The predicted octanol–water partition coefficient (Wildman–Crippen LogP) is 3.31. The van der Waals surface area contributed by atoms with Crippen LogP contribution in [0.25, 0.3) is 10.2 Å². The summed E-state index contributed by atoms with van der Waals surface area (Å²) in [4.78, 5) is 17.6. The SMILES string of the molecule is CCn1nc(C(=O)N=c2sc3c(C)ccc(OC)c3n2CC)cc1C. The molecule has 3 rings (SSSR count). The van der Waals surface area contributed by atoms with Gasteiger partial charge in [0.05, 0.1) is 11.8 Å². The lowest BCUT2D eigenvalue weighted by molar-refractivity contribution is 0.0992. The number of aryl methyl sites for hydroxylation is 4. The summed E-state index contributed by atoms with van der Waals surface area (Å²) in [6.45, 7) is 9.45. The van der Waals surface area contributed by atoms with Gasteiger partial charge in [0.25, 0.3) is 5.91 Å². The molecule has 3 aromatic rings. The van der Waals surface area contributed by atoms with Crippen LogP contribution in [0.4, 0.5) is 0 Å². The fourth-order valence-electron chi connectivity index (χ4n) is 2.90. The topological polar surface area (TPSA) is 61.4 Å². The van der Waals surface area contributed by atoms with E-state index in [9.17, 15) is 4.79 Å². The number of nitrogens with zero attached hydrogens (tertiary/aromatic N) is 4. The summed E-state index contributed by atoms with van der Waals surface area (Å²) < 4.78 is 10.4. The lowest BCUT2D eigenvalue weighted by atomic mass is 10.2. The Morgan fingerprint density at radius 1 is 1.28 bits per heavy atom. The molecular formula is C18H22N4O2S. The standard InChI is InChI=1S/C18H22N4O2S/c1-6-21-15-14(24-5)9-8-11(3)16(15)25-18(21)19-17(23)13-10-12(4)22(7-2)20-13/h8-10H,6-7H2,1-5H3. The molecule has 0 aliphatic carbocycles. The highest BCUT2D eigenvalue weighted by molar-refractivity contribution is 7.16. The molecule has 0 radical (unpaired) electrons. The van der Waals surface area contributed by atoms with Crippen LogP contribution in [0.1, 0.15) is 35.6 Å². The van der Waals surface area contributed by atoms with Crippen LogP contribution in [0.5, 0.6) is 5.75 Å². The smallest absolute Gasteiger partial charge is 0.300 e. The minimum atomic E-state index is -0.319. The summed E-state index contributed by atoms with van der Waals surface area (Å²) in [5.74, 6) is 0.472. The highest BCUT2D eigenvalue weighted by Crippen LogP contribution is 2.30. The Balaban J connectivity index is 2.18. The third-order valence-corrected chi connectivity index (χ3v) is 5.43. The first-order valence-electron chi connectivity index (χ1n) is 8.30. The Kier molecular flexibility index (Phi) is 4.76. The molecule has 0 saturated heterocycles. The van der Waals surface area contributed by atoms with Crippen molar-refractivity contribution in [2.24, 2.45) is 4.99 Å². The first kappa shape index (κ1) is 17.4. The van der Waals surface area contributed by atoms with Crippen LogP contribution in [-0.2, 0) is 13.1 Å². The molecule has 0 bridgehead atoms. The molecule has 2 aromatic heterocycles. The van der Waals surface area contributed by atoms with Crippen molar-refractivity contribution < 1.29 is 9.53 Å². The van der Waals surface area contributed by atoms with Crippen molar-refractivity contribution in [1.82, 2.24) is 14.3 Å².